The Labute approximate surface area is 168 Å². The second-order valence-electron chi connectivity index (χ2n) is 6.52. The molecule has 1 amide bonds. The Morgan fingerprint density at radius 1 is 1.14 bits per heavy atom. The lowest BCUT2D eigenvalue weighted by Gasteiger charge is -2.12. The van der Waals surface area contributed by atoms with Crippen molar-refractivity contribution >= 4 is 28.2 Å². The van der Waals surface area contributed by atoms with Gasteiger partial charge in [0.1, 0.15) is 23.0 Å². The molecule has 0 fully saturated rings. The van der Waals surface area contributed by atoms with E-state index in [1.54, 1.807) is 12.1 Å². The fraction of sp³-hybridized carbons (Fsp3) is 0.150. The van der Waals surface area contributed by atoms with E-state index >= 15 is 0 Å². The number of carbonyl (C=O) groups excluding carboxylic acids is 1. The van der Waals surface area contributed by atoms with E-state index in [2.05, 4.69) is 10.3 Å². The number of amidine groups is 1. The van der Waals surface area contributed by atoms with Gasteiger partial charge in [0.05, 0.1) is 10.6 Å². The van der Waals surface area contributed by atoms with Gasteiger partial charge in [0, 0.05) is 5.56 Å². The Balaban J connectivity index is 1.71. The van der Waals surface area contributed by atoms with Crippen LogP contribution in [0.3, 0.4) is 0 Å². The molecular weight excluding hydrogens is 398 g/mol. The van der Waals surface area contributed by atoms with Gasteiger partial charge in [0.25, 0.3) is 5.91 Å². The van der Waals surface area contributed by atoms with Gasteiger partial charge in [0.15, 0.2) is 5.13 Å². The summed E-state index contributed by atoms with van der Waals surface area (Å²) in [4.78, 5) is 17.7. The monoisotopic (exact) mass is 414 g/mol. The molecule has 1 aliphatic rings. The highest BCUT2D eigenvalue weighted by molar-refractivity contribution is 7.19. The molecule has 2 aromatic carbocycles. The molecule has 4 rings (SSSR count). The highest BCUT2D eigenvalue weighted by Gasteiger charge is 2.24. The lowest BCUT2D eigenvalue weighted by molar-refractivity contribution is 0.101. The third-order valence-electron chi connectivity index (χ3n) is 4.75. The van der Waals surface area contributed by atoms with E-state index < -0.39 is 23.1 Å². The molecule has 0 saturated carbocycles. The van der Waals surface area contributed by atoms with Crippen LogP contribution in [0.4, 0.5) is 13.9 Å². The van der Waals surface area contributed by atoms with Gasteiger partial charge < -0.3 is 0 Å². The minimum Gasteiger partial charge on any atom is -0.298 e. The number of thiazole rings is 1. The highest BCUT2D eigenvalue weighted by Crippen LogP contribution is 2.40. The predicted molar refractivity (Wildman–Crippen MR) is 106 cm³/mol. The lowest BCUT2D eigenvalue weighted by Crippen LogP contribution is -2.20. The van der Waals surface area contributed by atoms with Crippen LogP contribution in [0.15, 0.2) is 36.4 Å². The first-order chi connectivity index (χ1) is 14.0. The van der Waals surface area contributed by atoms with E-state index in [0.717, 1.165) is 40.3 Å². The molecule has 29 heavy (non-hydrogen) atoms. The van der Waals surface area contributed by atoms with Gasteiger partial charge in [-0.15, -0.1) is 0 Å². The SMILES string of the molecule is N=C(NO)c1cccc2c1CCCc1nc(NC(=O)c3c(F)cccc3F)sc1-2. The maximum Gasteiger partial charge on any atom is 0.263 e. The van der Waals surface area contributed by atoms with E-state index in [0.29, 0.717) is 18.4 Å². The molecule has 3 aromatic rings. The van der Waals surface area contributed by atoms with Crippen molar-refractivity contribution in [2.24, 2.45) is 0 Å². The number of aryl methyl sites for hydroxylation is 1. The minimum atomic E-state index is -0.939. The van der Waals surface area contributed by atoms with E-state index in [4.69, 9.17) is 10.6 Å². The normalized spacial score (nSPS) is 12.5. The van der Waals surface area contributed by atoms with E-state index in [1.807, 2.05) is 11.5 Å². The molecule has 0 atom stereocenters. The summed E-state index contributed by atoms with van der Waals surface area (Å²) >= 11 is 1.21. The Hall–Kier alpha value is -3.17. The number of fused-ring (bicyclic) bond motifs is 3. The van der Waals surface area contributed by atoms with Crippen molar-refractivity contribution in [2.75, 3.05) is 5.32 Å². The van der Waals surface area contributed by atoms with Crippen molar-refractivity contribution in [3.63, 3.8) is 0 Å². The summed E-state index contributed by atoms with van der Waals surface area (Å²) in [7, 11) is 0. The van der Waals surface area contributed by atoms with Crippen LogP contribution in [-0.2, 0) is 12.8 Å². The summed E-state index contributed by atoms with van der Waals surface area (Å²) in [5, 5.41) is 19.8. The molecule has 0 unspecified atom stereocenters. The number of nitrogens with one attached hydrogen (secondary N) is 3. The number of benzene rings is 2. The second-order valence-corrected chi connectivity index (χ2v) is 7.52. The van der Waals surface area contributed by atoms with Gasteiger partial charge in [-0.25, -0.2) is 13.8 Å². The fourth-order valence-corrected chi connectivity index (χ4v) is 4.52. The minimum absolute atomic E-state index is 0.0987. The maximum absolute atomic E-state index is 13.9. The number of halogens is 2. The number of hydrogen-bond acceptors (Lipinski definition) is 5. The number of hydrogen-bond donors (Lipinski definition) is 4. The zero-order valence-electron chi connectivity index (χ0n) is 15.1. The lowest BCUT2D eigenvalue weighted by atomic mass is 9.97. The van der Waals surface area contributed by atoms with Gasteiger partial charge in [-0.3, -0.25) is 26.2 Å². The first-order valence-electron chi connectivity index (χ1n) is 8.86. The summed E-state index contributed by atoms with van der Waals surface area (Å²) in [6, 6.07) is 8.67. The molecular formula is C20H16F2N4O2S. The fourth-order valence-electron chi connectivity index (χ4n) is 3.46. The molecule has 9 heteroatoms. The molecule has 1 heterocycles. The zero-order chi connectivity index (χ0) is 20.5. The largest absolute Gasteiger partial charge is 0.298 e. The molecule has 0 saturated heterocycles. The number of amides is 1. The second kappa shape index (κ2) is 7.69. The molecule has 1 aromatic heterocycles. The van der Waals surface area contributed by atoms with Gasteiger partial charge in [-0.1, -0.05) is 35.6 Å². The topological polar surface area (TPSA) is 98.1 Å². The van der Waals surface area contributed by atoms with Crippen molar-refractivity contribution in [3.05, 3.63) is 70.4 Å². The molecule has 0 radical (unpaired) electrons. The first kappa shape index (κ1) is 19.2. The molecule has 6 nitrogen and oxygen atoms in total. The molecule has 148 valence electrons. The van der Waals surface area contributed by atoms with Gasteiger partial charge in [0.2, 0.25) is 0 Å². The van der Waals surface area contributed by atoms with Crippen LogP contribution in [-0.4, -0.2) is 21.9 Å². The Morgan fingerprint density at radius 3 is 2.59 bits per heavy atom. The van der Waals surface area contributed by atoms with Crippen molar-refractivity contribution < 1.29 is 18.8 Å². The molecule has 0 bridgehead atoms. The Kier molecular flexibility index (Phi) is 5.08. The predicted octanol–water partition coefficient (Wildman–Crippen LogP) is 4.13. The van der Waals surface area contributed by atoms with Crippen LogP contribution in [0, 0.1) is 17.0 Å². The summed E-state index contributed by atoms with van der Waals surface area (Å²) in [6.45, 7) is 0. The third-order valence-corrected chi connectivity index (χ3v) is 5.80. The average molecular weight is 414 g/mol. The van der Waals surface area contributed by atoms with Crippen molar-refractivity contribution in [2.45, 2.75) is 19.3 Å². The summed E-state index contributed by atoms with van der Waals surface area (Å²) in [5.41, 5.74) is 4.36. The zero-order valence-corrected chi connectivity index (χ0v) is 15.9. The van der Waals surface area contributed by atoms with Gasteiger partial charge >= 0.3 is 0 Å². The quantitative estimate of drug-likeness (QED) is 0.294. The molecule has 0 aliphatic heterocycles. The van der Waals surface area contributed by atoms with Crippen LogP contribution in [0.5, 0.6) is 0 Å². The van der Waals surface area contributed by atoms with Gasteiger partial charge in [-0.05, 0) is 42.5 Å². The number of nitrogens with zero attached hydrogens (tertiary/aromatic N) is 1. The first-order valence-corrected chi connectivity index (χ1v) is 9.67. The molecule has 1 aliphatic carbocycles. The Morgan fingerprint density at radius 2 is 1.86 bits per heavy atom. The van der Waals surface area contributed by atoms with Crippen LogP contribution >= 0.6 is 11.3 Å². The van der Waals surface area contributed by atoms with E-state index in [9.17, 15) is 13.6 Å². The summed E-state index contributed by atoms with van der Waals surface area (Å²) < 4.78 is 27.7. The van der Waals surface area contributed by atoms with Crippen LogP contribution in [0.1, 0.15) is 33.6 Å². The summed E-state index contributed by atoms with van der Waals surface area (Å²) in [6.07, 6.45) is 2.14. The van der Waals surface area contributed by atoms with E-state index in [-0.39, 0.29) is 11.0 Å². The number of rotatable bonds is 3. The summed E-state index contributed by atoms with van der Waals surface area (Å²) in [5.74, 6) is -2.88. The van der Waals surface area contributed by atoms with Crippen molar-refractivity contribution in [1.82, 2.24) is 10.5 Å². The van der Waals surface area contributed by atoms with Crippen LogP contribution in [0.25, 0.3) is 10.4 Å². The maximum atomic E-state index is 13.9. The number of carbonyl (C=O) groups is 1. The van der Waals surface area contributed by atoms with Gasteiger partial charge in [-0.2, -0.15) is 0 Å². The van der Waals surface area contributed by atoms with Crippen LogP contribution in [0.2, 0.25) is 0 Å². The smallest absolute Gasteiger partial charge is 0.263 e. The van der Waals surface area contributed by atoms with Crippen LogP contribution < -0.4 is 10.8 Å². The Bertz CT molecular complexity index is 1110. The molecule has 0 spiro atoms. The standard InChI is InChI=1S/C20H16F2N4O2S/c21-13-7-3-8-14(22)16(13)19(27)25-20-24-15-9-2-4-10-11(17(15)29-20)5-1-6-12(10)18(23)26-28/h1,3,5-8,28H,2,4,9H2,(H2,23,26)(H,24,25,27). The van der Waals surface area contributed by atoms with Crippen molar-refractivity contribution in [3.8, 4) is 10.4 Å². The highest BCUT2D eigenvalue weighted by atomic mass is 32.1. The third kappa shape index (κ3) is 3.50. The number of aromatic nitrogens is 1. The molecule has 4 N–H and O–H groups in total. The number of anilines is 1. The average Bonchev–Trinajstić information content (AvgIpc) is 3.01. The van der Waals surface area contributed by atoms with Crippen molar-refractivity contribution in [1.29, 1.82) is 5.41 Å². The number of hydroxylamine groups is 1. The van der Waals surface area contributed by atoms with E-state index in [1.165, 1.54) is 17.4 Å².